The molecule has 3 rings (SSSR count). The Morgan fingerprint density at radius 1 is 1.25 bits per heavy atom. The van der Waals surface area contributed by atoms with Gasteiger partial charge in [0.15, 0.2) is 4.90 Å². The Hall–Kier alpha value is -2.26. The second-order valence-corrected chi connectivity index (χ2v) is 7.67. The molecule has 1 saturated heterocycles. The van der Waals surface area contributed by atoms with E-state index in [1.807, 2.05) is 6.07 Å². The van der Waals surface area contributed by atoms with Crippen LogP contribution in [0.1, 0.15) is 24.4 Å². The standard InChI is InChI=1S/C15H18N4O4S/c1-17-10-13(14(20)18(2)15(17)21)24(22,23)19-8-4-6-12(19)11-5-3-7-16-9-11/h3,5,7,9-10,12H,4,6,8H2,1-2H3/t12-/m0/s1. The zero-order chi connectivity index (χ0) is 17.5. The molecule has 1 atom stereocenters. The van der Waals surface area contributed by atoms with E-state index >= 15 is 0 Å². The Kier molecular flexibility index (Phi) is 4.14. The van der Waals surface area contributed by atoms with E-state index in [9.17, 15) is 18.0 Å². The number of hydrogen-bond acceptors (Lipinski definition) is 5. The largest absolute Gasteiger partial charge is 0.330 e. The highest BCUT2D eigenvalue weighted by Gasteiger charge is 2.38. The van der Waals surface area contributed by atoms with Crippen molar-refractivity contribution in [2.45, 2.75) is 23.8 Å². The maximum atomic E-state index is 13.0. The van der Waals surface area contributed by atoms with Gasteiger partial charge in [0.25, 0.3) is 15.6 Å². The molecule has 0 spiro atoms. The molecule has 2 aromatic heterocycles. The number of sulfonamides is 1. The molecule has 1 aliphatic rings. The molecule has 2 aromatic rings. The number of aryl methyl sites for hydroxylation is 1. The molecule has 0 N–H and O–H groups in total. The van der Waals surface area contributed by atoms with Crippen molar-refractivity contribution >= 4 is 10.0 Å². The average molecular weight is 350 g/mol. The molecule has 0 aliphatic carbocycles. The van der Waals surface area contributed by atoms with Crippen molar-refractivity contribution in [3.8, 4) is 0 Å². The zero-order valence-electron chi connectivity index (χ0n) is 13.4. The molecule has 1 fully saturated rings. The van der Waals surface area contributed by atoms with Crippen LogP contribution in [0.25, 0.3) is 0 Å². The highest BCUT2D eigenvalue weighted by molar-refractivity contribution is 7.89. The molecule has 0 saturated carbocycles. The van der Waals surface area contributed by atoms with Crippen molar-refractivity contribution in [1.29, 1.82) is 0 Å². The van der Waals surface area contributed by atoms with E-state index in [4.69, 9.17) is 0 Å². The summed E-state index contributed by atoms with van der Waals surface area (Å²) in [6, 6.07) is 3.22. The van der Waals surface area contributed by atoms with Gasteiger partial charge >= 0.3 is 5.69 Å². The fourth-order valence-corrected chi connectivity index (χ4v) is 4.85. The van der Waals surface area contributed by atoms with Crippen molar-refractivity contribution in [1.82, 2.24) is 18.4 Å². The van der Waals surface area contributed by atoms with Crippen LogP contribution in [0.2, 0.25) is 0 Å². The third kappa shape index (κ3) is 2.59. The summed E-state index contributed by atoms with van der Waals surface area (Å²) >= 11 is 0. The monoisotopic (exact) mass is 350 g/mol. The molecule has 128 valence electrons. The molecule has 0 aromatic carbocycles. The van der Waals surface area contributed by atoms with Crippen molar-refractivity contribution in [2.75, 3.05) is 6.54 Å². The van der Waals surface area contributed by atoms with Gasteiger partial charge in [-0.25, -0.2) is 13.2 Å². The molecule has 3 heterocycles. The first-order valence-electron chi connectivity index (χ1n) is 7.52. The summed E-state index contributed by atoms with van der Waals surface area (Å²) in [5.74, 6) is 0. The van der Waals surface area contributed by atoms with Gasteiger partial charge in [-0.15, -0.1) is 0 Å². The normalized spacial score (nSPS) is 18.8. The predicted octanol–water partition coefficient (Wildman–Crippen LogP) is 0.00480. The van der Waals surface area contributed by atoms with Gasteiger partial charge in [0, 0.05) is 39.2 Å². The maximum Gasteiger partial charge on any atom is 0.330 e. The molecule has 0 radical (unpaired) electrons. The van der Waals surface area contributed by atoms with Gasteiger partial charge in [0.05, 0.1) is 6.04 Å². The van der Waals surface area contributed by atoms with E-state index in [2.05, 4.69) is 4.98 Å². The van der Waals surface area contributed by atoms with E-state index in [1.54, 1.807) is 18.5 Å². The SMILES string of the molecule is Cn1cc(S(=O)(=O)N2CCC[C@H]2c2cccnc2)c(=O)n(C)c1=O. The second kappa shape index (κ2) is 5.99. The number of pyridine rings is 1. The van der Waals surface area contributed by atoms with Crippen LogP contribution >= 0.6 is 0 Å². The fraction of sp³-hybridized carbons (Fsp3) is 0.400. The average Bonchev–Trinajstić information content (AvgIpc) is 3.07. The lowest BCUT2D eigenvalue weighted by Crippen LogP contribution is -2.42. The van der Waals surface area contributed by atoms with Crippen molar-refractivity contribution in [2.24, 2.45) is 14.1 Å². The van der Waals surface area contributed by atoms with Gasteiger partial charge in [-0.2, -0.15) is 4.31 Å². The summed E-state index contributed by atoms with van der Waals surface area (Å²) in [5.41, 5.74) is -0.584. The zero-order valence-corrected chi connectivity index (χ0v) is 14.2. The highest BCUT2D eigenvalue weighted by atomic mass is 32.2. The fourth-order valence-electron chi connectivity index (χ4n) is 3.01. The van der Waals surface area contributed by atoms with Gasteiger partial charge in [-0.3, -0.25) is 14.3 Å². The van der Waals surface area contributed by atoms with Gasteiger partial charge in [0.1, 0.15) is 0 Å². The van der Waals surface area contributed by atoms with Gasteiger partial charge in [-0.1, -0.05) is 6.07 Å². The maximum absolute atomic E-state index is 13.0. The second-order valence-electron chi connectivity index (χ2n) is 5.81. The van der Waals surface area contributed by atoms with Crippen LogP contribution in [0, 0.1) is 0 Å². The summed E-state index contributed by atoms with van der Waals surface area (Å²) in [6.45, 7) is 0.327. The Morgan fingerprint density at radius 3 is 2.67 bits per heavy atom. The van der Waals surface area contributed by atoms with E-state index in [-0.39, 0.29) is 10.9 Å². The first kappa shape index (κ1) is 16.6. The van der Waals surface area contributed by atoms with Crippen molar-refractivity contribution in [3.63, 3.8) is 0 Å². The lowest BCUT2D eigenvalue weighted by Gasteiger charge is -2.24. The Balaban J connectivity index is 2.12. The topological polar surface area (TPSA) is 94.3 Å². The van der Waals surface area contributed by atoms with Gasteiger partial charge in [0.2, 0.25) is 0 Å². The van der Waals surface area contributed by atoms with Gasteiger partial charge < -0.3 is 4.57 Å². The van der Waals surface area contributed by atoms with Crippen molar-refractivity contribution in [3.05, 3.63) is 57.1 Å². The summed E-state index contributed by atoms with van der Waals surface area (Å²) in [6.07, 6.45) is 5.72. The van der Waals surface area contributed by atoms with Crippen LogP contribution < -0.4 is 11.2 Å². The summed E-state index contributed by atoms with van der Waals surface area (Å²) in [7, 11) is -1.33. The number of hydrogen-bond donors (Lipinski definition) is 0. The Bertz CT molecular complexity index is 979. The smallest absolute Gasteiger partial charge is 0.302 e. The molecular weight excluding hydrogens is 332 g/mol. The molecule has 0 bridgehead atoms. The first-order chi connectivity index (χ1) is 11.3. The first-order valence-corrected chi connectivity index (χ1v) is 8.96. The molecule has 8 nitrogen and oxygen atoms in total. The van der Waals surface area contributed by atoms with E-state index in [0.717, 1.165) is 20.9 Å². The Labute approximate surface area is 139 Å². The minimum atomic E-state index is -4.02. The summed E-state index contributed by atoms with van der Waals surface area (Å²) in [4.78, 5) is 27.8. The highest BCUT2D eigenvalue weighted by Crippen LogP contribution is 2.35. The number of nitrogens with zero attached hydrogens (tertiary/aromatic N) is 4. The summed E-state index contributed by atoms with van der Waals surface area (Å²) < 4.78 is 29.3. The molecule has 1 aliphatic heterocycles. The predicted molar refractivity (Wildman–Crippen MR) is 87.0 cm³/mol. The molecule has 24 heavy (non-hydrogen) atoms. The van der Waals surface area contributed by atoms with Crippen LogP contribution in [0.3, 0.4) is 0 Å². The number of aromatic nitrogens is 3. The van der Waals surface area contributed by atoms with Gasteiger partial charge in [-0.05, 0) is 24.5 Å². The lowest BCUT2D eigenvalue weighted by molar-refractivity contribution is 0.394. The quantitative estimate of drug-likeness (QED) is 0.777. The minimum absolute atomic E-state index is 0.327. The number of rotatable bonds is 3. The van der Waals surface area contributed by atoms with E-state index in [1.165, 1.54) is 18.4 Å². The summed E-state index contributed by atoms with van der Waals surface area (Å²) in [5, 5.41) is 0. The van der Waals surface area contributed by atoms with Crippen LogP contribution in [-0.2, 0) is 24.1 Å². The molecule has 0 amide bonds. The third-order valence-electron chi connectivity index (χ3n) is 4.27. The minimum Gasteiger partial charge on any atom is -0.302 e. The van der Waals surface area contributed by atoms with E-state index in [0.29, 0.717) is 19.4 Å². The Morgan fingerprint density at radius 2 is 2.00 bits per heavy atom. The third-order valence-corrected chi connectivity index (χ3v) is 6.16. The van der Waals surface area contributed by atoms with Crippen LogP contribution in [0.5, 0.6) is 0 Å². The van der Waals surface area contributed by atoms with Crippen LogP contribution in [0.15, 0.2) is 45.2 Å². The van der Waals surface area contributed by atoms with Crippen LogP contribution in [-0.4, -0.2) is 33.4 Å². The van der Waals surface area contributed by atoms with Crippen LogP contribution in [0.4, 0.5) is 0 Å². The van der Waals surface area contributed by atoms with Crippen molar-refractivity contribution < 1.29 is 8.42 Å². The lowest BCUT2D eigenvalue weighted by atomic mass is 10.1. The molecular formula is C15H18N4O4S. The molecule has 0 unspecified atom stereocenters. The van der Waals surface area contributed by atoms with E-state index < -0.39 is 21.3 Å². The molecule has 9 heteroatoms.